The maximum Gasteiger partial charge on any atom is 0.311 e. The molecule has 2 amide bonds. The smallest absolute Gasteiger partial charge is 0.311 e. The summed E-state index contributed by atoms with van der Waals surface area (Å²) >= 11 is 0. The van der Waals surface area contributed by atoms with Gasteiger partial charge in [-0.05, 0) is 47.7 Å². The Labute approximate surface area is 177 Å². The molecule has 0 radical (unpaired) electrons. The summed E-state index contributed by atoms with van der Waals surface area (Å²) < 4.78 is 5.16. The Kier molecular flexibility index (Phi) is 6.87. The molecule has 0 aliphatic carbocycles. The Bertz CT molecular complexity index is 904. The summed E-state index contributed by atoms with van der Waals surface area (Å²) in [4.78, 5) is 38.4. The van der Waals surface area contributed by atoms with Crippen molar-refractivity contribution in [2.24, 2.45) is 5.92 Å². The van der Waals surface area contributed by atoms with Crippen LogP contribution in [0.1, 0.15) is 44.2 Å². The van der Waals surface area contributed by atoms with Gasteiger partial charge in [-0.15, -0.1) is 0 Å². The number of benzene rings is 2. The Morgan fingerprint density at radius 3 is 2.37 bits per heavy atom. The van der Waals surface area contributed by atoms with Gasteiger partial charge in [0, 0.05) is 24.3 Å². The average molecular weight is 408 g/mol. The quantitative estimate of drug-likeness (QED) is 0.705. The largest absolute Gasteiger partial charge is 0.455 e. The van der Waals surface area contributed by atoms with Crippen LogP contribution in [0.25, 0.3) is 0 Å². The molecule has 1 heterocycles. The zero-order chi connectivity index (χ0) is 21.7. The molecule has 1 N–H and O–H groups in total. The molecular formula is C24H28N2O4. The lowest BCUT2D eigenvalue weighted by Gasteiger charge is -2.17. The third kappa shape index (κ3) is 5.26. The number of anilines is 2. The Hall–Kier alpha value is -3.15. The van der Waals surface area contributed by atoms with E-state index in [1.165, 1.54) is 11.1 Å². The fourth-order valence-electron chi connectivity index (χ4n) is 3.43. The molecule has 1 aliphatic heterocycles. The van der Waals surface area contributed by atoms with E-state index in [0.717, 1.165) is 12.1 Å². The van der Waals surface area contributed by atoms with Gasteiger partial charge >= 0.3 is 5.97 Å². The second-order valence-electron chi connectivity index (χ2n) is 7.86. The number of ether oxygens (including phenoxy) is 1. The van der Waals surface area contributed by atoms with Gasteiger partial charge in [-0.2, -0.15) is 0 Å². The Balaban J connectivity index is 1.49. The van der Waals surface area contributed by atoms with Crippen LogP contribution < -0.4 is 10.2 Å². The first-order valence-corrected chi connectivity index (χ1v) is 10.3. The third-order valence-corrected chi connectivity index (χ3v) is 5.32. The van der Waals surface area contributed by atoms with E-state index in [-0.39, 0.29) is 25.5 Å². The molecule has 0 bridgehead atoms. The van der Waals surface area contributed by atoms with Crippen molar-refractivity contribution in [3.8, 4) is 0 Å². The zero-order valence-electron chi connectivity index (χ0n) is 17.7. The number of hydrogen-bond donors (Lipinski definition) is 1. The second kappa shape index (κ2) is 9.57. The highest BCUT2D eigenvalue weighted by Crippen LogP contribution is 2.26. The van der Waals surface area contributed by atoms with E-state index < -0.39 is 17.8 Å². The van der Waals surface area contributed by atoms with Crippen LogP contribution in [0.3, 0.4) is 0 Å². The highest BCUT2D eigenvalue weighted by molar-refractivity contribution is 6.00. The fourth-order valence-corrected chi connectivity index (χ4v) is 3.43. The van der Waals surface area contributed by atoms with Gasteiger partial charge in [0.05, 0.1) is 5.92 Å². The number of carbonyl (C=O) groups is 3. The molecule has 1 saturated heterocycles. The van der Waals surface area contributed by atoms with Crippen molar-refractivity contribution in [1.82, 2.24) is 0 Å². The van der Waals surface area contributed by atoms with Crippen LogP contribution in [-0.4, -0.2) is 30.9 Å². The van der Waals surface area contributed by atoms with E-state index in [1.807, 2.05) is 48.5 Å². The van der Waals surface area contributed by atoms with Gasteiger partial charge in [-0.3, -0.25) is 14.4 Å². The number of esters is 1. The van der Waals surface area contributed by atoms with Crippen molar-refractivity contribution >= 4 is 29.2 Å². The van der Waals surface area contributed by atoms with Crippen LogP contribution in [0.4, 0.5) is 11.4 Å². The van der Waals surface area contributed by atoms with Gasteiger partial charge in [0.15, 0.2) is 6.61 Å². The first-order valence-electron chi connectivity index (χ1n) is 10.3. The van der Waals surface area contributed by atoms with Crippen LogP contribution in [0.15, 0.2) is 48.5 Å². The van der Waals surface area contributed by atoms with E-state index >= 15 is 0 Å². The molecule has 1 aliphatic rings. The summed E-state index contributed by atoms with van der Waals surface area (Å²) in [7, 11) is 0. The minimum Gasteiger partial charge on any atom is -0.455 e. The summed E-state index contributed by atoms with van der Waals surface area (Å²) in [5, 5.41) is 2.71. The van der Waals surface area contributed by atoms with E-state index in [2.05, 4.69) is 26.1 Å². The molecule has 6 nitrogen and oxygen atoms in total. The summed E-state index contributed by atoms with van der Waals surface area (Å²) in [6.07, 6.45) is 1.01. The average Bonchev–Trinajstić information content (AvgIpc) is 3.14. The van der Waals surface area contributed by atoms with E-state index in [1.54, 1.807) is 4.90 Å². The van der Waals surface area contributed by atoms with E-state index in [0.29, 0.717) is 11.6 Å². The lowest BCUT2D eigenvalue weighted by atomic mass is 10.0. The molecule has 158 valence electrons. The van der Waals surface area contributed by atoms with Gasteiger partial charge in [-0.25, -0.2) is 0 Å². The van der Waals surface area contributed by atoms with Gasteiger partial charge in [0.2, 0.25) is 5.91 Å². The molecule has 30 heavy (non-hydrogen) atoms. The lowest BCUT2D eigenvalue weighted by Crippen LogP contribution is -2.28. The number of carbonyl (C=O) groups excluding carboxylic acids is 3. The molecule has 1 atom stereocenters. The van der Waals surface area contributed by atoms with Crippen molar-refractivity contribution in [2.45, 2.75) is 39.5 Å². The van der Waals surface area contributed by atoms with Crippen LogP contribution in [0.5, 0.6) is 0 Å². The van der Waals surface area contributed by atoms with Crippen molar-refractivity contribution < 1.29 is 19.1 Å². The maximum atomic E-state index is 12.4. The van der Waals surface area contributed by atoms with Gasteiger partial charge < -0.3 is 15.0 Å². The molecule has 0 unspecified atom stereocenters. The van der Waals surface area contributed by atoms with Gasteiger partial charge in [-0.1, -0.05) is 45.0 Å². The first kappa shape index (κ1) is 21.6. The third-order valence-electron chi connectivity index (χ3n) is 5.32. The minimum absolute atomic E-state index is 0.0899. The summed E-state index contributed by atoms with van der Waals surface area (Å²) in [5.41, 5.74) is 3.79. The highest BCUT2D eigenvalue weighted by Gasteiger charge is 2.36. The maximum absolute atomic E-state index is 12.4. The summed E-state index contributed by atoms with van der Waals surface area (Å²) in [5.74, 6) is -1.20. The molecule has 2 aromatic carbocycles. The predicted octanol–water partition coefficient (Wildman–Crippen LogP) is 3.91. The molecule has 2 aromatic rings. The van der Waals surface area contributed by atoms with E-state index in [9.17, 15) is 14.4 Å². The van der Waals surface area contributed by atoms with E-state index in [4.69, 9.17) is 4.74 Å². The Morgan fingerprint density at radius 1 is 1.10 bits per heavy atom. The van der Waals surface area contributed by atoms with Crippen LogP contribution >= 0.6 is 0 Å². The number of amides is 2. The number of nitrogens with one attached hydrogen (secondary N) is 1. The van der Waals surface area contributed by atoms with Crippen molar-refractivity contribution in [3.63, 3.8) is 0 Å². The normalized spacial score (nSPS) is 16.1. The van der Waals surface area contributed by atoms with Crippen molar-refractivity contribution in [2.75, 3.05) is 23.4 Å². The molecular weight excluding hydrogens is 380 g/mol. The summed E-state index contributed by atoms with van der Waals surface area (Å²) in [6, 6.07) is 15.3. The van der Waals surface area contributed by atoms with Crippen LogP contribution in [0, 0.1) is 5.92 Å². The number of aryl methyl sites for hydroxylation is 1. The molecule has 0 aromatic heterocycles. The second-order valence-corrected chi connectivity index (χ2v) is 7.86. The molecule has 0 spiro atoms. The molecule has 3 rings (SSSR count). The van der Waals surface area contributed by atoms with Crippen LogP contribution in [-0.2, 0) is 25.5 Å². The van der Waals surface area contributed by atoms with Gasteiger partial charge in [0.1, 0.15) is 0 Å². The summed E-state index contributed by atoms with van der Waals surface area (Å²) in [6.45, 7) is 6.16. The molecule has 0 saturated carbocycles. The predicted molar refractivity (Wildman–Crippen MR) is 116 cm³/mol. The minimum atomic E-state index is -0.568. The number of hydrogen-bond acceptors (Lipinski definition) is 4. The van der Waals surface area contributed by atoms with Crippen LogP contribution in [0.2, 0.25) is 0 Å². The van der Waals surface area contributed by atoms with Crippen molar-refractivity contribution in [1.29, 1.82) is 0 Å². The topological polar surface area (TPSA) is 75.7 Å². The standard InChI is InChI=1S/C24H28N2O4/c1-4-17-5-11-21(12-6-17)26-14-19(13-23(26)28)24(29)30-15-22(27)25-20-9-7-18(8-10-20)16(2)3/h5-12,16,19H,4,13-15H2,1-3H3,(H,25,27)/t19-/m1/s1. The highest BCUT2D eigenvalue weighted by atomic mass is 16.5. The zero-order valence-corrected chi connectivity index (χ0v) is 17.7. The SMILES string of the molecule is CCc1ccc(N2C[C@H](C(=O)OCC(=O)Nc3ccc(C(C)C)cc3)CC2=O)cc1. The molecule has 1 fully saturated rings. The molecule has 6 heteroatoms. The number of nitrogens with zero attached hydrogens (tertiary/aromatic N) is 1. The van der Waals surface area contributed by atoms with Gasteiger partial charge in [0.25, 0.3) is 5.91 Å². The first-order chi connectivity index (χ1) is 14.4. The fraction of sp³-hybridized carbons (Fsp3) is 0.375. The van der Waals surface area contributed by atoms with Crippen molar-refractivity contribution in [3.05, 3.63) is 59.7 Å². The lowest BCUT2D eigenvalue weighted by molar-refractivity contribution is -0.151. The number of rotatable bonds is 7. The Morgan fingerprint density at radius 2 is 1.77 bits per heavy atom. The monoisotopic (exact) mass is 408 g/mol.